The van der Waals surface area contributed by atoms with Gasteiger partial charge in [0.1, 0.15) is 0 Å². The van der Waals surface area contributed by atoms with Crippen LogP contribution in [0, 0.1) is 29.6 Å². The third-order valence-electron chi connectivity index (χ3n) is 39.7. The molecule has 6 saturated heterocycles. The summed E-state index contributed by atoms with van der Waals surface area (Å²) in [5.41, 5.74) is -1.45. The summed E-state index contributed by atoms with van der Waals surface area (Å²) in [6.45, 7) is 25.7. The van der Waals surface area contributed by atoms with E-state index in [0.29, 0.717) is 0 Å². The minimum Gasteiger partial charge on any atom is -0.417 e. The van der Waals surface area contributed by atoms with Crippen molar-refractivity contribution in [3.8, 4) is 0 Å². The second-order valence-electron chi connectivity index (χ2n) is 51.8. The Kier molecular flexibility index (Phi) is 38.6. The van der Waals surface area contributed by atoms with Gasteiger partial charge in [0.05, 0.1) is 0 Å². The predicted molar refractivity (Wildman–Crippen MR) is 579 cm³/mol. The summed E-state index contributed by atoms with van der Waals surface area (Å²) < 4.78 is 165. The van der Waals surface area contributed by atoms with E-state index in [1.165, 1.54) is 25.7 Å². The largest absolute Gasteiger partial charge is 0.486 e. The van der Waals surface area contributed by atoms with Crippen LogP contribution in [0.25, 0.3) is 0 Å². The van der Waals surface area contributed by atoms with E-state index in [-0.39, 0.29) is 99.3 Å². The third kappa shape index (κ3) is 24.8. The summed E-state index contributed by atoms with van der Waals surface area (Å²) in [4.78, 5) is 57.1. The van der Waals surface area contributed by atoms with E-state index >= 15 is 0 Å². The second-order valence-corrected chi connectivity index (χ2v) is 105. The van der Waals surface area contributed by atoms with E-state index in [1.54, 1.807) is 0 Å². The first-order chi connectivity index (χ1) is 67.2. The van der Waals surface area contributed by atoms with Crippen molar-refractivity contribution < 1.29 is 123 Å². The molecular formula is C100H196O24Si16Ti. The minimum atomic E-state index is -4.37. The van der Waals surface area contributed by atoms with Crippen molar-refractivity contribution in [2.45, 2.75) is 601 Å². The van der Waals surface area contributed by atoms with E-state index in [4.69, 9.17) is 82.3 Å². The van der Waals surface area contributed by atoms with Gasteiger partial charge in [-0.2, -0.15) is 0 Å². The van der Waals surface area contributed by atoms with Gasteiger partial charge >= 0.3 is 123 Å². The topological polar surface area (TPSA) is 266 Å². The molecule has 0 aromatic heterocycles. The van der Waals surface area contributed by atoms with Gasteiger partial charge in [0.25, 0.3) is 0 Å². The van der Waals surface area contributed by atoms with E-state index in [0.717, 1.165) is 453 Å². The fourth-order valence-electron chi connectivity index (χ4n) is 31.2. The van der Waals surface area contributed by atoms with Crippen LogP contribution >= 0.6 is 0 Å². The van der Waals surface area contributed by atoms with Gasteiger partial charge in [-0.15, -0.1) is 0 Å². The Morgan fingerprint density at radius 1 is 0.156 bits per heavy atom. The molecule has 6 aliphatic heterocycles. The molecule has 15 aliphatic carbocycles. The zero-order chi connectivity index (χ0) is 97.6. The van der Waals surface area contributed by atoms with Gasteiger partial charge in [0, 0.05) is 99.3 Å². The van der Waals surface area contributed by atoms with Gasteiger partial charge in [-0.25, -0.2) is 0 Å². The summed E-state index contributed by atoms with van der Waals surface area (Å²) in [5, 5.41) is 0. The maximum absolute atomic E-state index is 14.3. The molecule has 15 saturated carbocycles. The first kappa shape index (κ1) is 114. The number of hydrogen-bond donors (Lipinski definition) is 4. The molecule has 8 bridgehead atoms. The van der Waals surface area contributed by atoms with E-state index in [1.807, 2.05) is 0 Å². The molecule has 0 aromatic rings. The predicted octanol–water partition coefficient (Wildman–Crippen LogP) is 29.0. The molecule has 0 amide bonds. The normalized spacial score (nSPS) is 44.4. The van der Waals surface area contributed by atoms with E-state index in [2.05, 4.69) is 73.9 Å². The fraction of sp³-hybridized carbons (Fsp3) is 1.00. The average molecular weight is 2280 g/mol. The standard InChI is InChI=1S/2C45H88O12Si8.C10H20.Ti/c2*1-58(2,3)48-61(41-29-15-6-16-30-41)53-63(43-33-19-8-20-34-43)51-59(46,39-25-11-4-12-26-39)49-62(42-31-17-7-18-32-42)50-60(47,40-27-13-5-14-28-40)52-64(54-61,44-35-21-9-22-36-44)57-65(55-62,56-63)45-37-23-10-24-38-45;1-6-7(2)9(4)10(5)8(6)3;/h2*39-47H,4-38H2,1-3H3;6-10H,1-5H3;. The Balaban J connectivity index is 0.000000168. The maximum atomic E-state index is 14.3. The van der Waals surface area contributed by atoms with Crippen LogP contribution in [0.2, 0.25) is 117 Å². The van der Waals surface area contributed by atoms with Crippen LogP contribution in [0.5, 0.6) is 0 Å². The molecule has 141 heavy (non-hydrogen) atoms. The second kappa shape index (κ2) is 47.8. The fourth-order valence-corrected chi connectivity index (χ4v) is 126. The zero-order valence-corrected chi connectivity index (χ0v) is 107. The van der Waals surface area contributed by atoms with Crippen LogP contribution in [-0.4, -0.2) is 159 Å². The first-order valence-electron chi connectivity index (χ1n) is 60.1. The van der Waals surface area contributed by atoms with Crippen LogP contribution < -0.4 is 0 Å². The first-order valence-corrected chi connectivity index (χ1v) is 92.3. The molecule has 0 aromatic carbocycles. The Labute approximate surface area is 886 Å². The molecule has 808 valence electrons. The summed E-state index contributed by atoms with van der Waals surface area (Å²) in [6, 6.07) is 0. The maximum Gasteiger partial charge on any atom is 0.486 e. The molecule has 0 radical (unpaired) electrons. The minimum absolute atomic E-state index is 0. The van der Waals surface area contributed by atoms with Crippen LogP contribution in [0.3, 0.4) is 0 Å². The molecule has 8 unspecified atom stereocenters. The van der Waals surface area contributed by atoms with Crippen molar-refractivity contribution in [2.75, 3.05) is 0 Å². The molecule has 21 fully saturated rings. The van der Waals surface area contributed by atoms with Crippen LogP contribution in [-0.2, 0) is 104 Å². The SMILES string of the molecule is CC1C(C)C(C)C(C)C1C.C[Si](C)(C)O[Si]1(C2CCCCC2)O[Si]2(C3CCCCC3)O[Si](O)(C3CCCCC3)O[Si]3(C4CCCCC4)O[Si](O)(C4CCCCC4)O[Si](C4CCCCC4)(O1)O[Si](C1CCCCC1)(O3)O2.C[Si](C)(C)O[Si]1(C2CCCCC2)O[Si]2(C3CCCCC3)O[Si](O)(C3CCCCC3)O[Si]3(C4CCCCC4)O[Si](O)(C4CCCCC4)O[Si](C4CCCCC4)(O1)O[Si](C1CCCCC1)(O3)O2.[Ti]. The van der Waals surface area contributed by atoms with Crippen molar-refractivity contribution in [2.24, 2.45) is 29.6 Å². The Bertz CT molecular complexity index is 3490. The Morgan fingerprint density at radius 3 is 0.390 bits per heavy atom. The quantitative estimate of drug-likeness (QED) is 0.0929. The smallest absolute Gasteiger partial charge is 0.417 e. The summed E-state index contributed by atoms with van der Waals surface area (Å²) in [6.07, 6.45) is 69.9. The number of fused-ring (bicyclic) bond motifs is 6. The number of hydrogen-bond acceptors (Lipinski definition) is 24. The van der Waals surface area contributed by atoms with Crippen molar-refractivity contribution in [1.29, 1.82) is 0 Å². The van der Waals surface area contributed by atoms with Gasteiger partial charge < -0.3 is 101 Å². The Morgan fingerprint density at radius 2 is 0.262 bits per heavy atom. The summed E-state index contributed by atoms with van der Waals surface area (Å²) >= 11 is 0. The summed E-state index contributed by atoms with van der Waals surface area (Å²) in [5.74, 6) is 4.68. The van der Waals surface area contributed by atoms with Crippen LogP contribution in [0.1, 0.15) is 484 Å². The third-order valence-corrected chi connectivity index (χ3v) is 110. The van der Waals surface area contributed by atoms with Gasteiger partial charge in [-0.3, -0.25) is 0 Å². The van der Waals surface area contributed by atoms with Gasteiger partial charge in [0.2, 0.25) is 0 Å². The molecule has 0 spiro atoms. The van der Waals surface area contributed by atoms with Crippen molar-refractivity contribution >= 4 is 140 Å². The number of rotatable bonds is 18. The van der Waals surface area contributed by atoms with Crippen LogP contribution in [0.4, 0.5) is 0 Å². The zero-order valence-electron chi connectivity index (χ0n) is 89.9. The van der Waals surface area contributed by atoms with Gasteiger partial charge in [0.15, 0.2) is 16.6 Å². The van der Waals surface area contributed by atoms with Gasteiger partial charge in [-0.1, -0.05) is 304 Å². The molecular weight excluding hydrogens is 2080 g/mol. The molecule has 41 heteroatoms. The summed E-state index contributed by atoms with van der Waals surface area (Å²) in [7, 11) is -63.7. The van der Waals surface area contributed by atoms with Crippen molar-refractivity contribution in [3.05, 3.63) is 0 Å². The average Bonchev–Trinajstić information content (AvgIpc) is 1.12. The molecule has 24 nitrogen and oxygen atoms in total. The molecule has 8 atom stereocenters. The van der Waals surface area contributed by atoms with E-state index < -0.39 is 140 Å². The van der Waals surface area contributed by atoms with Crippen LogP contribution in [0.15, 0.2) is 0 Å². The monoisotopic (exact) mass is 2280 g/mol. The molecule has 21 rings (SSSR count). The molecule has 4 N–H and O–H groups in total. The molecule has 21 aliphatic rings. The van der Waals surface area contributed by atoms with Crippen molar-refractivity contribution in [1.82, 2.24) is 0 Å². The Hall–Kier alpha value is 3.22. The van der Waals surface area contributed by atoms with E-state index in [9.17, 15) is 19.2 Å². The van der Waals surface area contributed by atoms with Crippen molar-refractivity contribution in [3.63, 3.8) is 0 Å². The van der Waals surface area contributed by atoms with Gasteiger partial charge in [-0.05, 0) is 249 Å². The molecule has 6 heterocycles.